The van der Waals surface area contributed by atoms with E-state index >= 15 is 0 Å². The number of aromatic nitrogens is 1. The molecule has 2 aromatic heterocycles. The van der Waals surface area contributed by atoms with Crippen LogP contribution in [0.5, 0.6) is 17.2 Å². The Morgan fingerprint density at radius 3 is 2.50 bits per heavy atom. The molecule has 0 aliphatic carbocycles. The summed E-state index contributed by atoms with van der Waals surface area (Å²) in [5.41, 5.74) is 0. The highest BCUT2D eigenvalue weighted by molar-refractivity contribution is 7.20. The van der Waals surface area contributed by atoms with Crippen LogP contribution in [0.15, 0.2) is 42.7 Å². The lowest BCUT2D eigenvalue weighted by atomic mass is 10.3. The van der Waals surface area contributed by atoms with Gasteiger partial charge in [0.2, 0.25) is 0 Å². The van der Waals surface area contributed by atoms with Gasteiger partial charge in [0.05, 0.1) is 25.1 Å². The summed E-state index contributed by atoms with van der Waals surface area (Å²) >= 11 is 1.32. The smallest absolute Gasteiger partial charge is 0.348 e. The minimum atomic E-state index is -0.364. The van der Waals surface area contributed by atoms with E-state index in [1.165, 1.54) is 18.4 Å². The average molecular weight is 315 g/mol. The summed E-state index contributed by atoms with van der Waals surface area (Å²) in [5, 5.41) is 0.830. The zero-order valence-corrected chi connectivity index (χ0v) is 12.8. The molecule has 5 nitrogen and oxygen atoms in total. The second-order valence-electron chi connectivity index (χ2n) is 4.43. The number of hydrogen-bond acceptors (Lipinski definition) is 6. The van der Waals surface area contributed by atoms with Crippen molar-refractivity contribution < 1.29 is 19.0 Å². The molecule has 0 N–H and O–H groups in total. The van der Waals surface area contributed by atoms with Crippen LogP contribution in [0.25, 0.3) is 10.1 Å². The maximum atomic E-state index is 11.6. The van der Waals surface area contributed by atoms with Gasteiger partial charge >= 0.3 is 5.97 Å². The van der Waals surface area contributed by atoms with Gasteiger partial charge < -0.3 is 14.2 Å². The summed E-state index contributed by atoms with van der Waals surface area (Å²) < 4.78 is 16.6. The summed E-state index contributed by atoms with van der Waals surface area (Å²) in [7, 11) is 2.97. The highest BCUT2D eigenvalue weighted by Crippen LogP contribution is 2.34. The molecule has 0 atom stereocenters. The van der Waals surface area contributed by atoms with E-state index in [9.17, 15) is 4.79 Å². The fraction of sp³-hybridized carbons (Fsp3) is 0.125. The molecule has 0 bridgehead atoms. The number of fused-ring (bicyclic) bond motifs is 1. The fourth-order valence-corrected chi connectivity index (χ4v) is 2.95. The van der Waals surface area contributed by atoms with Crippen LogP contribution in [0.4, 0.5) is 0 Å². The summed E-state index contributed by atoms with van der Waals surface area (Å²) in [6, 6.07) is 9.01. The number of rotatable bonds is 4. The van der Waals surface area contributed by atoms with Crippen molar-refractivity contribution in [2.75, 3.05) is 14.2 Å². The molecule has 0 saturated heterocycles. The van der Waals surface area contributed by atoms with Gasteiger partial charge in [-0.25, -0.2) is 4.79 Å². The standard InChI is InChI=1S/C16H13NO4S/c1-19-10-3-5-11(6-4-10)21-13-8-17-9-15-12(13)7-14(22-15)16(18)20-2/h3-9H,1-2H3. The van der Waals surface area contributed by atoms with Crippen molar-refractivity contribution in [2.45, 2.75) is 0 Å². The van der Waals surface area contributed by atoms with E-state index in [2.05, 4.69) is 4.98 Å². The number of carbonyl (C=O) groups excluding carboxylic acids is 1. The van der Waals surface area contributed by atoms with Gasteiger partial charge in [0, 0.05) is 11.6 Å². The lowest BCUT2D eigenvalue weighted by molar-refractivity contribution is 0.0606. The third kappa shape index (κ3) is 2.73. The number of carbonyl (C=O) groups is 1. The number of ether oxygens (including phenoxy) is 3. The topological polar surface area (TPSA) is 57.7 Å². The molecule has 0 amide bonds. The van der Waals surface area contributed by atoms with Crippen LogP contribution in [0.1, 0.15) is 9.67 Å². The lowest BCUT2D eigenvalue weighted by Gasteiger charge is -2.07. The quantitative estimate of drug-likeness (QED) is 0.684. The van der Waals surface area contributed by atoms with Crippen LogP contribution in [0, 0.1) is 0 Å². The Morgan fingerprint density at radius 2 is 1.82 bits per heavy atom. The third-order valence-corrected chi connectivity index (χ3v) is 4.13. The van der Waals surface area contributed by atoms with Gasteiger partial charge in [0.1, 0.15) is 16.4 Å². The van der Waals surface area contributed by atoms with E-state index in [0.717, 1.165) is 15.8 Å². The summed E-state index contributed by atoms with van der Waals surface area (Å²) in [6.07, 6.45) is 3.33. The first-order valence-electron chi connectivity index (χ1n) is 6.49. The van der Waals surface area contributed by atoms with Crippen molar-refractivity contribution in [2.24, 2.45) is 0 Å². The number of pyridine rings is 1. The van der Waals surface area contributed by atoms with Gasteiger partial charge in [0.25, 0.3) is 0 Å². The normalized spacial score (nSPS) is 10.5. The minimum absolute atomic E-state index is 0.364. The van der Waals surface area contributed by atoms with Gasteiger partial charge in [-0.15, -0.1) is 11.3 Å². The Bertz CT molecular complexity index is 811. The predicted molar refractivity (Wildman–Crippen MR) is 84.0 cm³/mol. The second kappa shape index (κ2) is 6.03. The SMILES string of the molecule is COC(=O)c1cc2c(Oc3ccc(OC)cc3)cncc2s1. The van der Waals surface area contributed by atoms with E-state index in [0.29, 0.717) is 16.4 Å². The van der Waals surface area contributed by atoms with Crippen LogP contribution in [-0.2, 0) is 4.74 Å². The van der Waals surface area contributed by atoms with E-state index in [1.807, 2.05) is 24.3 Å². The number of methoxy groups -OCH3 is 2. The zero-order chi connectivity index (χ0) is 15.5. The van der Waals surface area contributed by atoms with Crippen LogP contribution in [0.3, 0.4) is 0 Å². The molecule has 0 aliphatic rings. The van der Waals surface area contributed by atoms with Crippen molar-refractivity contribution in [3.8, 4) is 17.2 Å². The van der Waals surface area contributed by atoms with E-state index in [-0.39, 0.29) is 5.97 Å². The average Bonchev–Trinajstić information content (AvgIpc) is 3.00. The van der Waals surface area contributed by atoms with Crippen molar-refractivity contribution in [1.82, 2.24) is 4.98 Å². The first-order valence-corrected chi connectivity index (χ1v) is 7.30. The minimum Gasteiger partial charge on any atom is -0.497 e. The fourth-order valence-electron chi connectivity index (χ4n) is 1.99. The van der Waals surface area contributed by atoms with E-state index in [4.69, 9.17) is 14.2 Å². The highest BCUT2D eigenvalue weighted by Gasteiger charge is 2.14. The van der Waals surface area contributed by atoms with Gasteiger partial charge in [-0.2, -0.15) is 0 Å². The zero-order valence-electron chi connectivity index (χ0n) is 12.0. The molecular formula is C16H13NO4S. The monoisotopic (exact) mass is 315 g/mol. The molecule has 6 heteroatoms. The molecule has 3 rings (SSSR count). The third-order valence-electron chi connectivity index (χ3n) is 3.08. The summed E-state index contributed by atoms with van der Waals surface area (Å²) in [5.74, 6) is 1.65. The molecular weight excluding hydrogens is 302 g/mol. The Hall–Kier alpha value is -2.60. The molecule has 0 spiro atoms. The molecule has 0 aliphatic heterocycles. The maximum absolute atomic E-state index is 11.6. The summed E-state index contributed by atoms with van der Waals surface area (Å²) in [4.78, 5) is 16.3. The molecule has 0 radical (unpaired) electrons. The molecule has 0 saturated carbocycles. The molecule has 0 unspecified atom stereocenters. The Kier molecular flexibility index (Phi) is 3.93. The molecule has 1 aromatic carbocycles. The lowest BCUT2D eigenvalue weighted by Crippen LogP contribution is -1.96. The number of benzene rings is 1. The van der Waals surface area contributed by atoms with E-state index in [1.54, 1.807) is 25.6 Å². The van der Waals surface area contributed by atoms with Crippen molar-refractivity contribution in [3.05, 3.63) is 47.6 Å². The number of hydrogen-bond donors (Lipinski definition) is 0. The Morgan fingerprint density at radius 1 is 1.09 bits per heavy atom. The predicted octanol–water partition coefficient (Wildman–Crippen LogP) is 3.88. The van der Waals surface area contributed by atoms with Crippen LogP contribution in [-0.4, -0.2) is 25.2 Å². The van der Waals surface area contributed by atoms with Gasteiger partial charge in [-0.05, 0) is 30.3 Å². The Labute approximate surface area is 131 Å². The van der Waals surface area contributed by atoms with Gasteiger partial charge in [-0.1, -0.05) is 0 Å². The van der Waals surface area contributed by atoms with Crippen LogP contribution >= 0.6 is 11.3 Å². The summed E-state index contributed by atoms with van der Waals surface area (Å²) in [6.45, 7) is 0. The maximum Gasteiger partial charge on any atom is 0.348 e. The number of nitrogens with zero attached hydrogens (tertiary/aromatic N) is 1. The van der Waals surface area contributed by atoms with E-state index < -0.39 is 0 Å². The second-order valence-corrected chi connectivity index (χ2v) is 5.51. The highest BCUT2D eigenvalue weighted by atomic mass is 32.1. The van der Waals surface area contributed by atoms with Crippen LogP contribution < -0.4 is 9.47 Å². The molecule has 0 fully saturated rings. The van der Waals surface area contributed by atoms with Gasteiger partial charge in [0.15, 0.2) is 5.75 Å². The number of esters is 1. The Balaban J connectivity index is 1.95. The first-order chi connectivity index (χ1) is 10.7. The van der Waals surface area contributed by atoms with Gasteiger partial charge in [-0.3, -0.25) is 4.98 Å². The van der Waals surface area contributed by atoms with Crippen molar-refractivity contribution >= 4 is 27.4 Å². The molecule has 112 valence electrons. The largest absolute Gasteiger partial charge is 0.497 e. The first kappa shape index (κ1) is 14.3. The molecule has 22 heavy (non-hydrogen) atoms. The molecule has 3 aromatic rings. The van der Waals surface area contributed by atoms with Crippen molar-refractivity contribution in [1.29, 1.82) is 0 Å². The molecule has 2 heterocycles. The van der Waals surface area contributed by atoms with Crippen LogP contribution in [0.2, 0.25) is 0 Å². The van der Waals surface area contributed by atoms with Crippen molar-refractivity contribution in [3.63, 3.8) is 0 Å². The number of thiophene rings is 1.